The lowest BCUT2D eigenvalue weighted by Crippen LogP contribution is -2.33. The third-order valence-electron chi connectivity index (χ3n) is 4.11. The van der Waals surface area contributed by atoms with E-state index in [2.05, 4.69) is 20.3 Å². The number of amides is 1. The first-order valence-electron chi connectivity index (χ1n) is 8.98. The fourth-order valence-corrected chi connectivity index (χ4v) is 2.58. The van der Waals surface area contributed by atoms with Crippen LogP contribution in [0.3, 0.4) is 0 Å². The number of pyridine rings is 1. The van der Waals surface area contributed by atoms with E-state index in [-0.39, 0.29) is 23.5 Å². The van der Waals surface area contributed by atoms with Gasteiger partial charge >= 0.3 is 13.1 Å². The van der Waals surface area contributed by atoms with E-state index >= 15 is 0 Å². The summed E-state index contributed by atoms with van der Waals surface area (Å²) in [6.07, 6.45) is 3.76. The Morgan fingerprint density at radius 2 is 1.68 bits per heavy atom. The molecule has 2 heterocycles. The number of rotatable bonds is 8. The average molecular weight is 425 g/mol. The molecule has 31 heavy (non-hydrogen) atoms. The van der Waals surface area contributed by atoms with Crippen LogP contribution in [0.25, 0.3) is 0 Å². The van der Waals surface area contributed by atoms with E-state index in [0.717, 1.165) is 0 Å². The molecule has 0 spiro atoms. The molecule has 0 unspecified atom stereocenters. The van der Waals surface area contributed by atoms with Gasteiger partial charge in [0.05, 0.1) is 17.8 Å². The summed E-state index contributed by atoms with van der Waals surface area (Å²) in [5.74, 6) is -2.00. The number of nitrogens with zero attached hydrogens (tertiary/aromatic N) is 4. The summed E-state index contributed by atoms with van der Waals surface area (Å²) in [4.78, 5) is 37.1. The van der Waals surface area contributed by atoms with Gasteiger partial charge in [-0.05, 0) is 30.3 Å². The van der Waals surface area contributed by atoms with Crippen LogP contribution in [0.5, 0.6) is 0 Å². The zero-order chi connectivity index (χ0) is 22.4. The summed E-state index contributed by atoms with van der Waals surface area (Å²) in [5.41, 5.74) is 1.17. The van der Waals surface area contributed by atoms with Crippen molar-refractivity contribution in [1.29, 1.82) is 0 Å². The van der Waals surface area contributed by atoms with Crippen LogP contribution in [0.2, 0.25) is 0 Å². The van der Waals surface area contributed by atoms with E-state index in [1.54, 1.807) is 0 Å². The second kappa shape index (κ2) is 9.74. The van der Waals surface area contributed by atoms with Crippen molar-refractivity contribution >= 4 is 36.1 Å². The molecule has 158 valence electrons. The Bertz CT molecular complexity index is 1050. The number of nitrogens with one attached hydrogen (secondary N) is 1. The number of hydrogen-bond donors (Lipinski definition) is 4. The molecule has 0 aliphatic carbocycles. The SMILES string of the molecule is O=C(O)CN(Cc1ccc(B(O)O)cn1)c1ncc(C(=O)Nc2ccc(F)cc2)cn1. The standard InChI is InChI=1S/C19H17BFN5O5/c21-14-2-5-15(6-3-14)25-18(29)12-7-23-19(24-8-12)26(11-17(27)28)10-16-4-1-13(9-22-16)20(30)31/h1-9,30-31H,10-11H2,(H,25,29)(H,27,28). The van der Waals surface area contributed by atoms with Gasteiger partial charge in [-0.25, -0.2) is 14.4 Å². The fraction of sp³-hybridized carbons (Fsp3) is 0.105. The molecule has 1 amide bonds. The van der Waals surface area contributed by atoms with Gasteiger partial charge in [-0.2, -0.15) is 0 Å². The van der Waals surface area contributed by atoms with Crippen LogP contribution < -0.4 is 15.7 Å². The molecule has 0 radical (unpaired) electrons. The zero-order valence-corrected chi connectivity index (χ0v) is 16.0. The number of carbonyl (C=O) groups excluding carboxylic acids is 1. The summed E-state index contributed by atoms with van der Waals surface area (Å²) < 4.78 is 13.0. The van der Waals surface area contributed by atoms with Gasteiger partial charge < -0.3 is 25.4 Å². The van der Waals surface area contributed by atoms with Crippen LogP contribution in [0, 0.1) is 5.82 Å². The summed E-state index contributed by atoms with van der Waals surface area (Å²) in [5, 5.41) is 30.0. The Morgan fingerprint density at radius 1 is 1.00 bits per heavy atom. The zero-order valence-electron chi connectivity index (χ0n) is 16.0. The molecule has 0 bridgehead atoms. The predicted octanol–water partition coefficient (Wildman–Crippen LogP) is 0.0340. The molecule has 4 N–H and O–H groups in total. The van der Waals surface area contributed by atoms with E-state index in [0.29, 0.717) is 11.4 Å². The van der Waals surface area contributed by atoms with Gasteiger partial charge in [-0.1, -0.05) is 6.07 Å². The molecular formula is C19H17BFN5O5. The number of benzene rings is 1. The van der Waals surface area contributed by atoms with Crippen LogP contribution >= 0.6 is 0 Å². The van der Waals surface area contributed by atoms with Crippen LogP contribution in [-0.4, -0.2) is 55.6 Å². The first kappa shape index (κ1) is 21.8. The number of aliphatic carboxylic acids is 1. The monoisotopic (exact) mass is 425 g/mol. The average Bonchev–Trinajstić information content (AvgIpc) is 2.75. The molecule has 0 saturated carbocycles. The molecule has 2 aromatic heterocycles. The van der Waals surface area contributed by atoms with Crippen LogP contribution in [-0.2, 0) is 11.3 Å². The summed E-state index contributed by atoms with van der Waals surface area (Å²) in [6, 6.07) is 8.21. The van der Waals surface area contributed by atoms with Crippen molar-refractivity contribution in [3.05, 3.63) is 72.1 Å². The lowest BCUT2D eigenvalue weighted by atomic mass is 9.82. The molecule has 0 fully saturated rings. The molecule has 0 aliphatic rings. The molecule has 0 saturated heterocycles. The van der Waals surface area contributed by atoms with Crippen molar-refractivity contribution in [3.8, 4) is 0 Å². The minimum Gasteiger partial charge on any atom is -0.480 e. The third kappa shape index (κ3) is 6.04. The van der Waals surface area contributed by atoms with Crippen molar-refractivity contribution < 1.29 is 29.1 Å². The second-order valence-corrected chi connectivity index (χ2v) is 6.44. The van der Waals surface area contributed by atoms with Crippen molar-refractivity contribution in [3.63, 3.8) is 0 Å². The minimum absolute atomic E-state index is 0.0369. The summed E-state index contributed by atoms with van der Waals surface area (Å²) >= 11 is 0. The van der Waals surface area contributed by atoms with Gasteiger partial charge in [0.2, 0.25) is 5.95 Å². The fourth-order valence-electron chi connectivity index (χ4n) is 2.58. The van der Waals surface area contributed by atoms with E-state index in [1.165, 1.54) is 59.9 Å². The largest absolute Gasteiger partial charge is 0.490 e. The Balaban J connectivity index is 1.73. The number of anilines is 2. The number of aromatic nitrogens is 3. The van der Waals surface area contributed by atoms with Crippen molar-refractivity contribution in [2.75, 3.05) is 16.8 Å². The topological polar surface area (TPSA) is 149 Å². The number of carboxylic acid groups (broad SMARTS) is 1. The Hall–Kier alpha value is -3.90. The number of carbonyl (C=O) groups is 2. The highest BCUT2D eigenvalue weighted by atomic mass is 19.1. The van der Waals surface area contributed by atoms with E-state index < -0.39 is 31.4 Å². The predicted molar refractivity (Wildman–Crippen MR) is 109 cm³/mol. The van der Waals surface area contributed by atoms with Gasteiger partial charge in [0.1, 0.15) is 12.4 Å². The van der Waals surface area contributed by atoms with Crippen LogP contribution in [0.1, 0.15) is 16.1 Å². The molecule has 3 aromatic rings. The minimum atomic E-state index is -1.66. The molecule has 0 aliphatic heterocycles. The Kier molecular flexibility index (Phi) is 6.85. The van der Waals surface area contributed by atoms with Crippen LogP contribution in [0.4, 0.5) is 16.0 Å². The number of carboxylic acids is 1. The quantitative estimate of drug-likeness (QED) is 0.367. The number of halogens is 1. The van der Waals surface area contributed by atoms with Gasteiger partial charge in [0.15, 0.2) is 0 Å². The van der Waals surface area contributed by atoms with Crippen molar-refractivity contribution in [1.82, 2.24) is 15.0 Å². The van der Waals surface area contributed by atoms with E-state index in [9.17, 15) is 19.1 Å². The Morgan fingerprint density at radius 3 is 2.23 bits per heavy atom. The molecule has 12 heteroatoms. The van der Waals surface area contributed by atoms with Gasteiger partial charge in [-0.3, -0.25) is 14.6 Å². The van der Waals surface area contributed by atoms with E-state index in [4.69, 9.17) is 10.0 Å². The Labute approximate surface area is 176 Å². The highest BCUT2D eigenvalue weighted by Crippen LogP contribution is 2.13. The first-order valence-corrected chi connectivity index (χ1v) is 8.98. The molecule has 3 rings (SSSR count). The highest BCUT2D eigenvalue weighted by Gasteiger charge is 2.17. The van der Waals surface area contributed by atoms with Gasteiger partial charge in [0.25, 0.3) is 5.91 Å². The van der Waals surface area contributed by atoms with Crippen molar-refractivity contribution in [2.45, 2.75) is 6.54 Å². The second-order valence-electron chi connectivity index (χ2n) is 6.44. The molecule has 1 aromatic carbocycles. The van der Waals surface area contributed by atoms with Crippen molar-refractivity contribution in [2.24, 2.45) is 0 Å². The molecular weight excluding hydrogens is 408 g/mol. The van der Waals surface area contributed by atoms with Gasteiger partial charge in [0, 0.05) is 29.7 Å². The van der Waals surface area contributed by atoms with E-state index in [1.807, 2.05) is 0 Å². The normalized spacial score (nSPS) is 10.4. The maximum absolute atomic E-state index is 13.0. The van der Waals surface area contributed by atoms with Crippen LogP contribution in [0.15, 0.2) is 55.0 Å². The first-order chi connectivity index (χ1) is 14.8. The molecule has 0 atom stereocenters. The maximum Gasteiger partial charge on any atom is 0.490 e. The highest BCUT2D eigenvalue weighted by molar-refractivity contribution is 6.58. The smallest absolute Gasteiger partial charge is 0.480 e. The maximum atomic E-state index is 13.0. The summed E-state index contributed by atoms with van der Waals surface area (Å²) in [6.45, 7) is -0.387. The molecule has 10 nitrogen and oxygen atoms in total. The lowest BCUT2D eigenvalue weighted by molar-refractivity contribution is -0.135. The third-order valence-corrected chi connectivity index (χ3v) is 4.11. The van der Waals surface area contributed by atoms with Gasteiger partial charge in [-0.15, -0.1) is 0 Å². The lowest BCUT2D eigenvalue weighted by Gasteiger charge is -2.20. The summed E-state index contributed by atoms with van der Waals surface area (Å²) in [7, 11) is -1.66. The number of hydrogen-bond acceptors (Lipinski definition) is 8.